The van der Waals surface area contributed by atoms with Gasteiger partial charge in [0.05, 0.1) is 6.61 Å². The largest absolute Gasteiger partial charge is 0.395 e. The maximum atomic E-state index is 8.83. The van der Waals surface area contributed by atoms with Crippen molar-refractivity contribution < 1.29 is 5.11 Å². The first-order valence-electron chi connectivity index (χ1n) is 5.25. The molecule has 0 aliphatic heterocycles. The van der Waals surface area contributed by atoms with Crippen LogP contribution in [0.1, 0.15) is 25.8 Å². The molecule has 80 valence electrons. The zero-order chi connectivity index (χ0) is 10.4. The van der Waals surface area contributed by atoms with E-state index in [0.29, 0.717) is 0 Å². The lowest BCUT2D eigenvalue weighted by molar-refractivity contribution is 0.251. The zero-order valence-electron chi connectivity index (χ0n) is 9.03. The van der Waals surface area contributed by atoms with Gasteiger partial charge in [-0.2, -0.15) is 0 Å². The molecule has 1 heterocycles. The van der Waals surface area contributed by atoms with E-state index in [1.54, 1.807) is 0 Å². The Morgan fingerprint density at radius 1 is 1.57 bits per heavy atom. The molecule has 0 saturated heterocycles. The van der Waals surface area contributed by atoms with Gasteiger partial charge in [0.2, 0.25) is 0 Å². The molecule has 14 heavy (non-hydrogen) atoms. The molecular weight excluding hydrogens is 176 g/mol. The number of aliphatic hydroxyl groups excluding tert-OH is 1. The Bertz CT molecular complexity index is 258. The second-order valence-electron chi connectivity index (χ2n) is 3.72. The van der Waals surface area contributed by atoms with Crippen molar-refractivity contribution in [2.24, 2.45) is 0 Å². The lowest BCUT2D eigenvalue weighted by atomic mass is 10.3. The Morgan fingerprint density at radius 2 is 2.36 bits per heavy atom. The fourth-order valence-corrected chi connectivity index (χ4v) is 1.35. The summed E-state index contributed by atoms with van der Waals surface area (Å²) in [7, 11) is 0. The van der Waals surface area contributed by atoms with Gasteiger partial charge in [-0.25, -0.2) is 0 Å². The molecule has 1 aromatic rings. The minimum atomic E-state index is 0.171. The molecule has 1 rings (SSSR count). The number of rotatable bonds is 6. The highest BCUT2D eigenvalue weighted by atomic mass is 16.3. The van der Waals surface area contributed by atoms with Crippen LogP contribution in [0, 0.1) is 0 Å². The summed E-state index contributed by atoms with van der Waals surface area (Å²) in [6, 6.07) is 2.29. The van der Waals surface area contributed by atoms with Gasteiger partial charge >= 0.3 is 0 Å². The van der Waals surface area contributed by atoms with Crippen LogP contribution in [0.2, 0.25) is 0 Å². The number of aromatic nitrogens is 1. The van der Waals surface area contributed by atoms with Crippen molar-refractivity contribution in [1.82, 2.24) is 9.88 Å². The second kappa shape index (κ2) is 5.83. The van der Waals surface area contributed by atoms with E-state index in [9.17, 15) is 0 Å². The number of hydrogen-bond acceptors (Lipinski definition) is 2. The zero-order valence-corrected chi connectivity index (χ0v) is 9.03. The SMILES string of the molecule is CCCn1ccc(CN[C@H](C)CO)c1. The Balaban J connectivity index is 2.35. The fraction of sp³-hybridized carbons (Fsp3) is 0.636. The van der Waals surface area contributed by atoms with Crippen LogP contribution in [0.15, 0.2) is 18.5 Å². The van der Waals surface area contributed by atoms with Gasteiger partial charge in [0, 0.05) is 31.5 Å². The standard InChI is InChI=1S/C11H20N2O/c1-3-5-13-6-4-11(8-13)7-12-10(2)9-14/h4,6,8,10,12,14H,3,5,7,9H2,1-2H3/t10-/m1/s1. The Kier molecular flexibility index (Phi) is 4.70. The molecule has 3 heteroatoms. The van der Waals surface area contributed by atoms with E-state index in [4.69, 9.17) is 5.11 Å². The monoisotopic (exact) mass is 196 g/mol. The van der Waals surface area contributed by atoms with Gasteiger partial charge in [0.25, 0.3) is 0 Å². The lowest BCUT2D eigenvalue weighted by Gasteiger charge is -2.08. The van der Waals surface area contributed by atoms with Gasteiger partial charge in [-0.05, 0) is 25.0 Å². The van der Waals surface area contributed by atoms with Gasteiger partial charge in [0.1, 0.15) is 0 Å². The molecule has 0 saturated carbocycles. The molecule has 2 N–H and O–H groups in total. The summed E-state index contributed by atoms with van der Waals surface area (Å²) in [5.41, 5.74) is 1.28. The molecule has 3 nitrogen and oxygen atoms in total. The first-order valence-corrected chi connectivity index (χ1v) is 5.25. The summed E-state index contributed by atoms with van der Waals surface area (Å²) < 4.78 is 2.20. The average Bonchev–Trinajstić information content (AvgIpc) is 2.63. The highest BCUT2D eigenvalue weighted by molar-refractivity contribution is 5.09. The number of aliphatic hydroxyl groups is 1. The second-order valence-corrected chi connectivity index (χ2v) is 3.72. The quantitative estimate of drug-likeness (QED) is 0.721. The third-order valence-electron chi connectivity index (χ3n) is 2.22. The maximum absolute atomic E-state index is 8.83. The van der Waals surface area contributed by atoms with Crippen molar-refractivity contribution in [3.8, 4) is 0 Å². The van der Waals surface area contributed by atoms with E-state index in [1.807, 2.05) is 6.92 Å². The molecule has 0 spiro atoms. The molecule has 0 aliphatic carbocycles. The fourth-order valence-electron chi connectivity index (χ4n) is 1.35. The van der Waals surface area contributed by atoms with Crippen molar-refractivity contribution in [2.45, 2.75) is 39.4 Å². The topological polar surface area (TPSA) is 37.2 Å². The predicted molar refractivity (Wildman–Crippen MR) is 58.1 cm³/mol. The average molecular weight is 196 g/mol. The number of nitrogens with one attached hydrogen (secondary N) is 1. The summed E-state index contributed by atoms with van der Waals surface area (Å²) in [5, 5.41) is 12.1. The normalized spacial score (nSPS) is 13.1. The molecule has 0 unspecified atom stereocenters. The molecule has 0 aromatic carbocycles. The van der Waals surface area contributed by atoms with Gasteiger partial charge < -0.3 is 15.0 Å². The van der Waals surface area contributed by atoms with Gasteiger partial charge in [-0.15, -0.1) is 0 Å². The Hall–Kier alpha value is -0.800. The highest BCUT2D eigenvalue weighted by Gasteiger charge is 2.00. The molecule has 1 atom stereocenters. The summed E-state index contributed by atoms with van der Waals surface area (Å²) in [6.45, 7) is 6.25. The smallest absolute Gasteiger partial charge is 0.0582 e. The van der Waals surface area contributed by atoms with Crippen LogP contribution in [0.5, 0.6) is 0 Å². The molecule has 0 bridgehead atoms. The predicted octanol–water partition coefficient (Wildman–Crippen LogP) is 1.37. The number of nitrogens with zero attached hydrogens (tertiary/aromatic N) is 1. The van der Waals surface area contributed by atoms with Gasteiger partial charge in [0.15, 0.2) is 0 Å². The van der Waals surface area contributed by atoms with Crippen LogP contribution in [0.4, 0.5) is 0 Å². The van der Waals surface area contributed by atoms with E-state index in [-0.39, 0.29) is 12.6 Å². The summed E-state index contributed by atoms with van der Waals surface area (Å²) in [5.74, 6) is 0. The molecule has 0 amide bonds. The molecule has 0 radical (unpaired) electrons. The van der Waals surface area contributed by atoms with Crippen LogP contribution in [0.3, 0.4) is 0 Å². The summed E-state index contributed by atoms with van der Waals surface area (Å²) >= 11 is 0. The van der Waals surface area contributed by atoms with Crippen molar-refractivity contribution in [2.75, 3.05) is 6.61 Å². The van der Waals surface area contributed by atoms with E-state index < -0.39 is 0 Å². The van der Waals surface area contributed by atoms with E-state index in [1.165, 1.54) is 5.56 Å². The van der Waals surface area contributed by atoms with Crippen molar-refractivity contribution in [1.29, 1.82) is 0 Å². The van der Waals surface area contributed by atoms with E-state index in [0.717, 1.165) is 19.5 Å². The van der Waals surface area contributed by atoms with Crippen molar-refractivity contribution in [3.05, 3.63) is 24.0 Å². The third kappa shape index (κ3) is 3.52. The van der Waals surface area contributed by atoms with Crippen LogP contribution < -0.4 is 5.32 Å². The van der Waals surface area contributed by atoms with Gasteiger partial charge in [-0.3, -0.25) is 0 Å². The molecule has 1 aromatic heterocycles. The summed E-state index contributed by atoms with van der Waals surface area (Å²) in [4.78, 5) is 0. The Labute approximate surface area is 85.7 Å². The molecule has 0 fully saturated rings. The van der Waals surface area contributed by atoms with Crippen LogP contribution in [0.25, 0.3) is 0 Å². The van der Waals surface area contributed by atoms with Crippen LogP contribution in [-0.2, 0) is 13.1 Å². The van der Waals surface area contributed by atoms with E-state index >= 15 is 0 Å². The highest BCUT2D eigenvalue weighted by Crippen LogP contribution is 2.02. The third-order valence-corrected chi connectivity index (χ3v) is 2.22. The van der Waals surface area contributed by atoms with Crippen molar-refractivity contribution in [3.63, 3.8) is 0 Å². The van der Waals surface area contributed by atoms with Crippen molar-refractivity contribution >= 4 is 0 Å². The van der Waals surface area contributed by atoms with E-state index in [2.05, 4.69) is 35.3 Å². The molecular formula is C11H20N2O. The van der Waals surface area contributed by atoms with Crippen LogP contribution >= 0.6 is 0 Å². The van der Waals surface area contributed by atoms with Gasteiger partial charge in [-0.1, -0.05) is 6.92 Å². The minimum Gasteiger partial charge on any atom is -0.395 e. The molecule has 0 aliphatic rings. The first kappa shape index (κ1) is 11.3. The number of hydrogen-bond donors (Lipinski definition) is 2. The first-order chi connectivity index (χ1) is 6.76. The Morgan fingerprint density at radius 3 is 3.00 bits per heavy atom. The van der Waals surface area contributed by atoms with Crippen LogP contribution in [-0.4, -0.2) is 22.3 Å². The number of aryl methyl sites for hydroxylation is 1. The lowest BCUT2D eigenvalue weighted by Crippen LogP contribution is -2.28. The maximum Gasteiger partial charge on any atom is 0.0582 e. The summed E-state index contributed by atoms with van der Waals surface area (Å²) in [6.07, 6.45) is 5.42. The minimum absolute atomic E-state index is 0.171.